The van der Waals surface area contributed by atoms with Crippen molar-refractivity contribution in [3.63, 3.8) is 0 Å². The van der Waals surface area contributed by atoms with Gasteiger partial charge >= 0.3 is 0 Å². The molecule has 0 spiro atoms. The summed E-state index contributed by atoms with van der Waals surface area (Å²) < 4.78 is 7.41. The summed E-state index contributed by atoms with van der Waals surface area (Å²) in [6.07, 6.45) is 2.22. The van der Waals surface area contributed by atoms with Gasteiger partial charge in [0.2, 0.25) is 0 Å². The highest BCUT2D eigenvalue weighted by Crippen LogP contribution is 2.18. The molecule has 1 aromatic carbocycles. The fourth-order valence-corrected chi connectivity index (χ4v) is 2.06. The summed E-state index contributed by atoms with van der Waals surface area (Å²) in [5, 5.41) is 5.31. The van der Waals surface area contributed by atoms with Crippen molar-refractivity contribution in [1.82, 2.24) is 9.78 Å². The Kier molecular flexibility index (Phi) is 4.68. The maximum Gasteiger partial charge on any atom is 0.180 e. The van der Waals surface area contributed by atoms with Gasteiger partial charge in [-0.2, -0.15) is 5.10 Å². The minimum Gasteiger partial charge on any atom is -0.380 e. The highest BCUT2D eigenvalue weighted by molar-refractivity contribution is 6.04. The molecule has 0 aliphatic rings. The zero-order chi connectivity index (χ0) is 13.7. The monoisotopic (exact) mass is 260 g/mol. The molecule has 0 unspecified atom stereocenters. The number of carbonyl (C=O) groups is 1. The standard InChI is InChI=1S/C15H20N2O2/c1-3-4-10-19-11-9-17-14-8-6-5-7-13(14)15(16-17)12(2)18/h5-8H,3-4,9-11H2,1-2H3. The Bertz CT molecular complexity index is 560. The van der Waals surface area contributed by atoms with E-state index >= 15 is 0 Å². The third-order valence-electron chi connectivity index (χ3n) is 3.08. The molecule has 2 rings (SSSR count). The first kappa shape index (κ1) is 13.7. The number of fused-ring (bicyclic) bond motifs is 1. The Morgan fingerprint density at radius 2 is 2.11 bits per heavy atom. The van der Waals surface area contributed by atoms with Gasteiger partial charge in [-0.3, -0.25) is 9.48 Å². The summed E-state index contributed by atoms with van der Waals surface area (Å²) in [7, 11) is 0. The number of ether oxygens (including phenoxy) is 1. The molecular formula is C15H20N2O2. The van der Waals surface area contributed by atoms with Crippen molar-refractivity contribution < 1.29 is 9.53 Å². The number of nitrogens with zero attached hydrogens (tertiary/aromatic N) is 2. The zero-order valence-corrected chi connectivity index (χ0v) is 11.6. The summed E-state index contributed by atoms with van der Waals surface area (Å²) in [6, 6.07) is 7.81. The van der Waals surface area contributed by atoms with Crippen molar-refractivity contribution in [3.05, 3.63) is 30.0 Å². The number of hydrogen-bond donors (Lipinski definition) is 0. The van der Waals surface area contributed by atoms with Gasteiger partial charge in [0.15, 0.2) is 5.78 Å². The molecule has 19 heavy (non-hydrogen) atoms. The van der Waals surface area contributed by atoms with Crippen LogP contribution < -0.4 is 0 Å². The van der Waals surface area contributed by atoms with Crippen molar-refractivity contribution in [2.75, 3.05) is 13.2 Å². The molecular weight excluding hydrogens is 240 g/mol. The van der Waals surface area contributed by atoms with E-state index in [0.29, 0.717) is 18.8 Å². The normalized spacial score (nSPS) is 11.1. The lowest BCUT2D eigenvalue weighted by molar-refractivity contribution is 0.101. The second kappa shape index (κ2) is 6.48. The van der Waals surface area contributed by atoms with Gasteiger partial charge in [-0.25, -0.2) is 0 Å². The molecule has 2 aromatic rings. The number of carbonyl (C=O) groups excluding carboxylic acids is 1. The maximum absolute atomic E-state index is 11.6. The van der Waals surface area contributed by atoms with Crippen LogP contribution in [-0.4, -0.2) is 28.8 Å². The molecule has 0 aliphatic carbocycles. The van der Waals surface area contributed by atoms with E-state index in [0.717, 1.165) is 30.4 Å². The lowest BCUT2D eigenvalue weighted by atomic mass is 10.2. The van der Waals surface area contributed by atoms with Gasteiger partial charge in [-0.15, -0.1) is 0 Å². The number of aromatic nitrogens is 2. The van der Waals surface area contributed by atoms with E-state index in [1.807, 2.05) is 28.9 Å². The predicted molar refractivity (Wildman–Crippen MR) is 75.5 cm³/mol. The maximum atomic E-state index is 11.6. The second-order valence-corrected chi connectivity index (χ2v) is 4.61. The van der Waals surface area contributed by atoms with E-state index in [9.17, 15) is 4.79 Å². The van der Waals surface area contributed by atoms with Crippen molar-refractivity contribution in [1.29, 1.82) is 0 Å². The lowest BCUT2D eigenvalue weighted by Crippen LogP contribution is -2.08. The minimum absolute atomic E-state index is 0.00171. The lowest BCUT2D eigenvalue weighted by Gasteiger charge is -2.04. The van der Waals surface area contributed by atoms with E-state index in [1.54, 1.807) is 6.92 Å². The van der Waals surface area contributed by atoms with Crippen LogP contribution in [0.1, 0.15) is 37.2 Å². The number of unbranched alkanes of at least 4 members (excludes halogenated alkanes) is 1. The van der Waals surface area contributed by atoms with Gasteiger partial charge in [0.05, 0.1) is 18.7 Å². The molecule has 1 heterocycles. The molecule has 0 N–H and O–H groups in total. The Labute approximate surface area is 113 Å². The van der Waals surface area contributed by atoms with Crippen LogP contribution in [0.2, 0.25) is 0 Å². The van der Waals surface area contributed by atoms with Crippen LogP contribution in [0.25, 0.3) is 10.9 Å². The molecule has 0 atom stereocenters. The molecule has 4 heteroatoms. The molecule has 0 fully saturated rings. The van der Waals surface area contributed by atoms with Crippen LogP contribution in [-0.2, 0) is 11.3 Å². The third kappa shape index (κ3) is 3.20. The highest BCUT2D eigenvalue weighted by Gasteiger charge is 2.12. The number of hydrogen-bond acceptors (Lipinski definition) is 3. The van der Waals surface area contributed by atoms with Gasteiger partial charge < -0.3 is 4.74 Å². The van der Waals surface area contributed by atoms with Gasteiger partial charge in [-0.05, 0) is 12.5 Å². The number of Topliss-reactive ketones (excluding diaryl/α,β-unsaturated/α-hetero) is 1. The topological polar surface area (TPSA) is 44.1 Å². The first-order valence-electron chi connectivity index (χ1n) is 6.78. The summed E-state index contributed by atoms with van der Waals surface area (Å²) in [5.41, 5.74) is 1.54. The molecule has 0 radical (unpaired) electrons. The van der Waals surface area contributed by atoms with Gasteiger partial charge in [-0.1, -0.05) is 31.5 Å². The summed E-state index contributed by atoms with van der Waals surface area (Å²) in [6.45, 7) is 5.79. The van der Waals surface area contributed by atoms with Crippen molar-refractivity contribution >= 4 is 16.7 Å². The van der Waals surface area contributed by atoms with E-state index in [4.69, 9.17) is 4.74 Å². The Balaban J connectivity index is 2.12. The van der Waals surface area contributed by atoms with E-state index < -0.39 is 0 Å². The first-order valence-corrected chi connectivity index (χ1v) is 6.78. The number of rotatable bonds is 7. The van der Waals surface area contributed by atoms with Gasteiger partial charge in [0, 0.05) is 18.9 Å². The average molecular weight is 260 g/mol. The minimum atomic E-state index is 0.00171. The molecule has 0 saturated heterocycles. The van der Waals surface area contributed by atoms with Crippen LogP contribution in [0.5, 0.6) is 0 Å². The van der Waals surface area contributed by atoms with Crippen LogP contribution in [0.4, 0.5) is 0 Å². The Hall–Kier alpha value is -1.68. The van der Waals surface area contributed by atoms with E-state index in [-0.39, 0.29) is 5.78 Å². The van der Waals surface area contributed by atoms with Gasteiger partial charge in [0.1, 0.15) is 5.69 Å². The Morgan fingerprint density at radius 1 is 1.32 bits per heavy atom. The number of ketones is 1. The molecule has 102 valence electrons. The largest absolute Gasteiger partial charge is 0.380 e. The molecule has 0 saturated carbocycles. The molecule has 0 amide bonds. The van der Waals surface area contributed by atoms with Crippen LogP contribution >= 0.6 is 0 Å². The van der Waals surface area contributed by atoms with Crippen molar-refractivity contribution in [3.8, 4) is 0 Å². The summed E-state index contributed by atoms with van der Waals surface area (Å²) in [5.74, 6) is 0.00171. The van der Waals surface area contributed by atoms with Gasteiger partial charge in [0.25, 0.3) is 0 Å². The SMILES string of the molecule is CCCCOCCn1nc(C(C)=O)c2ccccc21. The van der Waals surface area contributed by atoms with E-state index in [1.165, 1.54) is 0 Å². The predicted octanol–water partition coefficient (Wildman–Crippen LogP) is 3.06. The summed E-state index contributed by atoms with van der Waals surface area (Å²) in [4.78, 5) is 11.6. The average Bonchev–Trinajstić information content (AvgIpc) is 2.78. The molecule has 4 nitrogen and oxygen atoms in total. The second-order valence-electron chi connectivity index (χ2n) is 4.61. The number of para-hydroxylation sites is 1. The first-order chi connectivity index (χ1) is 9.24. The molecule has 1 aromatic heterocycles. The molecule has 0 bridgehead atoms. The highest BCUT2D eigenvalue weighted by atomic mass is 16.5. The van der Waals surface area contributed by atoms with E-state index in [2.05, 4.69) is 12.0 Å². The fraction of sp³-hybridized carbons (Fsp3) is 0.467. The number of benzene rings is 1. The molecule has 0 aliphatic heterocycles. The van der Waals surface area contributed by atoms with Crippen molar-refractivity contribution in [2.45, 2.75) is 33.2 Å². The smallest absolute Gasteiger partial charge is 0.180 e. The van der Waals surface area contributed by atoms with Crippen molar-refractivity contribution in [2.24, 2.45) is 0 Å². The Morgan fingerprint density at radius 3 is 2.84 bits per heavy atom. The zero-order valence-electron chi connectivity index (χ0n) is 11.6. The third-order valence-corrected chi connectivity index (χ3v) is 3.08. The fourth-order valence-electron chi connectivity index (χ4n) is 2.06. The van der Waals surface area contributed by atoms with Crippen LogP contribution in [0.3, 0.4) is 0 Å². The summed E-state index contributed by atoms with van der Waals surface area (Å²) >= 11 is 0. The van der Waals surface area contributed by atoms with Crippen LogP contribution in [0, 0.1) is 0 Å². The van der Waals surface area contributed by atoms with Crippen LogP contribution in [0.15, 0.2) is 24.3 Å². The quantitative estimate of drug-likeness (QED) is 0.567.